The van der Waals surface area contributed by atoms with Crippen LogP contribution in [0.2, 0.25) is 0 Å². The molecule has 0 aliphatic heterocycles. The van der Waals surface area contributed by atoms with E-state index in [4.69, 9.17) is 9.47 Å². The lowest BCUT2D eigenvalue weighted by atomic mass is 10.1. The van der Waals surface area contributed by atoms with E-state index in [2.05, 4.69) is 5.32 Å². The number of rotatable bonds is 8. The number of benzene rings is 2. The van der Waals surface area contributed by atoms with Gasteiger partial charge in [-0.1, -0.05) is 48.5 Å². The van der Waals surface area contributed by atoms with Crippen molar-refractivity contribution in [2.45, 2.75) is 13.0 Å². The molecule has 2 aromatic rings. The van der Waals surface area contributed by atoms with Crippen LogP contribution in [0.15, 0.2) is 72.8 Å². The lowest BCUT2D eigenvalue weighted by Gasteiger charge is -2.19. The topological polar surface area (TPSA) is 81.7 Å². The average Bonchev–Trinajstić information content (AvgIpc) is 2.71. The van der Waals surface area contributed by atoms with Crippen LogP contribution in [0.4, 0.5) is 0 Å². The first-order chi connectivity index (χ1) is 13.1. The van der Waals surface area contributed by atoms with E-state index < -0.39 is 18.0 Å². The Morgan fingerprint density at radius 1 is 0.889 bits per heavy atom. The number of carbonyl (C=O) groups excluding carboxylic acids is 3. The second-order valence-electron chi connectivity index (χ2n) is 5.52. The van der Waals surface area contributed by atoms with Crippen LogP contribution < -0.4 is 5.32 Å². The minimum Gasteiger partial charge on any atom is -0.463 e. The lowest BCUT2D eigenvalue weighted by Crippen LogP contribution is -2.32. The second kappa shape index (κ2) is 10.6. The fourth-order valence-corrected chi connectivity index (χ4v) is 2.28. The number of esters is 2. The Kier molecular flexibility index (Phi) is 7.78. The van der Waals surface area contributed by atoms with Crippen molar-refractivity contribution in [3.63, 3.8) is 0 Å². The predicted molar refractivity (Wildman–Crippen MR) is 99.8 cm³/mol. The third-order valence-corrected chi connectivity index (χ3v) is 3.58. The molecular weight excluding hydrogens is 346 g/mol. The van der Waals surface area contributed by atoms with Gasteiger partial charge in [0.1, 0.15) is 6.61 Å². The summed E-state index contributed by atoms with van der Waals surface area (Å²) in [6.45, 7) is 1.82. The lowest BCUT2D eigenvalue weighted by molar-refractivity contribution is -0.140. The van der Waals surface area contributed by atoms with Crippen molar-refractivity contribution in [1.82, 2.24) is 5.32 Å². The monoisotopic (exact) mass is 367 g/mol. The minimum absolute atomic E-state index is 0.0748. The zero-order chi connectivity index (χ0) is 19.5. The molecule has 1 atom stereocenters. The highest BCUT2D eigenvalue weighted by Gasteiger charge is 2.17. The molecule has 0 aromatic heterocycles. The smallest absolute Gasteiger partial charge is 0.331 e. The van der Waals surface area contributed by atoms with E-state index in [-0.39, 0.29) is 19.1 Å². The van der Waals surface area contributed by atoms with E-state index in [9.17, 15) is 14.4 Å². The highest BCUT2D eigenvalue weighted by molar-refractivity contribution is 5.94. The van der Waals surface area contributed by atoms with Crippen LogP contribution in [-0.4, -0.2) is 31.1 Å². The van der Waals surface area contributed by atoms with Gasteiger partial charge in [-0.25, -0.2) is 9.59 Å². The number of ether oxygens (including phenoxy) is 2. The van der Waals surface area contributed by atoms with E-state index in [0.717, 1.165) is 17.7 Å². The first-order valence-corrected chi connectivity index (χ1v) is 8.52. The normalized spacial score (nSPS) is 11.6. The third-order valence-electron chi connectivity index (χ3n) is 3.58. The maximum Gasteiger partial charge on any atom is 0.331 e. The summed E-state index contributed by atoms with van der Waals surface area (Å²) in [6.07, 6.45) is 2.00. The van der Waals surface area contributed by atoms with Gasteiger partial charge in [0.05, 0.1) is 12.6 Å². The van der Waals surface area contributed by atoms with Crippen LogP contribution >= 0.6 is 0 Å². The molecule has 0 bridgehead atoms. The molecule has 2 rings (SSSR count). The predicted octanol–water partition coefficient (Wildman–Crippen LogP) is 2.82. The molecule has 0 saturated heterocycles. The quantitative estimate of drug-likeness (QED) is 0.573. The maximum atomic E-state index is 12.4. The summed E-state index contributed by atoms with van der Waals surface area (Å²) in [5.74, 6) is -1.59. The van der Waals surface area contributed by atoms with Crippen molar-refractivity contribution in [2.24, 2.45) is 0 Å². The van der Waals surface area contributed by atoms with E-state index >= 15 is 0 Å². The van der Waals surface area contributed by atoms with Crippen LogP contribution in [0.3, 0.4) is 0 Å². The van der Waals surface area contributed by atoms with Gasteiger partial charge >= 0.3 is 11.9 Å². The van der Waals surface area contributed by atoms with Crippen molar-refractivity contribution in [2.75, 3.05) is 13.2 Å². The molecule has 0 saturated carbocycles. The maximum absolute atomic E-state index is 12.4. The third kappa shape index (κ3) is 6.78. The Labute approximate surface area is 157 Å². The number of nitrogens with one attached hydrogen (secondary N) is 1. The molecule has 2 aromatic carbocycles. The van der Waals surface area contributed by atoms with Gasteiger partial charge in [-0.05, 0) is 24.6 Å². The summed E-state index contributed by atoms with van der Waals surface area (Å²) in [6, 6.07) is 17.4. The van der Waals surface area contributed by atoms with Gasteiger partial charge in [-0.2, -0.15) is 0 Å². The van der Waals surface area contributed by atoms with Crippen LogP contribution in [0.1, 0.15) is 28.9 Å². The first kappa shape index (κ1) is 19.9. The van der Waals surface area contributed by atoms with Crippen molar-refractivity contribution < 1.29 is 23.9 Å². The van der Waals surface area contributed by atoms with Gasteiger partial charge < -0.3 is 14.8 Å². The van der Waals surface area contributed by atoms with E-state index in [0.29, 0.717) is 5.56 Å². The van der Waals surface area contributed by atoms with Crippen molar-refractivity contribution >= 4 is 17.8 Å². The zero-order valence-corrected chi connectivity index (χ0v) is 15.0. The summed E-state index contributed by atoms with van der Waals surface area (Å²) in [7, 11) is 0. The van der Waals surface area contributed by atoms with E-state index in [1.54, 1.807) is 31.2 Å². The number of hydrogen-bond acceptors (Lipinski definition) is 5. The molecule has 1 N–H and O–H groups in total. The van der Waals surface area contributed by atoms with Gasteiger partial charge in [-0.3, -0.25) is 4.79 Å². The van der Waals surface area contributed by atoms with Crippen molar-refractivity contribution in [1.29, 1.82) is 0 Å². The molecule has 6 heteroatoms. The summed E-state index contributed by atoms with van der Waals surface area (Å²) < 4.78 is 9.87. The largest absolute Gasteiger partial charge is 0.463 e. The SMILES string of the molecule is CCOC(=O)/C=C/C(=O)OCC(NC(=O)c1ccccc1)c1ccccc1. The molecule has 0 fully saturated rings. The van der Waals surface area contributed by atoms with E-state index in [1.807, 2.05) is 36.4 Å². The van der Waals surface area contributed by atoms with Gasteiger partial charge in [0.25, 0.3) is 5.91 Å². The molecule has 27 heavy (non-hydrogen) atoms. The van der Waals surface area contributed by atoms with Crippen LogP contribution in [-0.2, 0) is 19.1 Å². The standard InChI is InChI=1S/C21H21NO5/c1-2-26-19(23)13-14-20(24)27-15-18(16-9-5-3-6-10-16)22-21(25)17-11-7-4-8-12-17/h3-14,18H,2,15H2,1H3,(H,22,25)/b14-13+. The number of amides is 1. The zero-order valence-electron chi connectivity index (χ0n) is 15.0. The Hall–Kier alpha value is -3.41. The van der Waals surface area contributed by atoms with Gasteiger partial charge in [-0.15, -0.1) is 0 Å². The second-order valence-corrected chi connectivity index (χ2v) is 5.52. The summed E-state index contributed by atoms with van der Waals surface area (Å²) in [4.78, 5) is 35.5. The average molecular weight is 367 g/mol. The Morgan fingerprint density at radius 2 is 1.44 bits per heavy atom. The van der Waals surface area contributed by atoms with Gasteiger partial charge in [0.15, 0.2) is 0 Å². The molecule has 140 valence electrons. The Balaban J connectivity index is 2.02. The highest BCUT2D eigenvalue weighted by atomic mass is 16.5. The summed E-state index contributed by atoms with van der Waals surface area (Å²) in [5, 5.41) is 2.86. The molecule has 0 spiro atoms. The minimum atomic E-state index is -0.696. The summed E-state index contributed by atoms with van der Waals surface area (Å²) in [5.41, 5.74) is 1.30. The van der Waals surface area contributed by atoms with Crippen LogP contribution in [0.25, 0.3) is 0 Å². The van der Waals surface area contributed by atoms with Crippen LogP contribution in [0, 0.1) is 0 Å². The Bertz CT molecular complexity index is 787. The van der Waals surface area contributed by atoms with Crippen molar-refractivity contribution in [3.8, 4) is 0 Å². The first-order valence-electron chi connectivity index (χ1n) is 8.52. The Morgan fingerprint density at radius 3 is 2.04 bits per heavy atom. The fourth-order valence-electron chi connectivity index (χ4n) is 2.28. The highest BCUT2D eigenvalue weighted by Crippen LogP contribution is 2.14. The van der Waals surface area contributed by atoms with Gasteiger partial charge in [0, 0.05) is 17.7 Å². The molecule has 0 aliphatic carbocycles. The molecule has 1 unspecified atom stereocenters. The van der Waals surface area contributed by atoms with Crippen molar-refractivity contribution in [3.05, 3.63) is 83.9 Å². The molecule has 1 amide bonds. The number of carbonyl (C=O) groups is 3. The number of hydrogen-bond donors (Lipinski definition) is 1. The molecular formula is C21H21NO5. The molecule has 0 heterocycles. The van der Waals surface area contributed by atoms with Gasteiger partial charge in [0.2, 0.25) is 0 Å². The molecule has 0 aliphatic rings. The fraction of sp³-hybridized carbons (Fsp3) is 0.190. The summed E-state index contributed by atoms with van der Waals surface area (Å²) >= 11 is 0. The van der Waals surface area contributed by atoms with E-state index in [1.165, 1.54) is 0 Å². The molecule has 6 nitrogen and oxygen atoms in total. The van der Waals surface area contributed by atoms with Crippen LogP contribution in [0.5, 0.6) is 0 Å². The molecule has 0 radical (unpaired) electrons.